The largest absolute Gasteiger partial charge is 0.327 e. The summed E-state index contributed by atoms with van der Waals surface area (Å²) < 4.78 is 25.9. The fraction of sp³-hybridized carbons (Fsp3) is 0.533. The number of aromatic nitrogens is 2. The lowest BCUT2D eigenvalue weighted by Crippen LogP contribution is -2.07. The molecule has 0 saturated heterocycles. The highest BCUT2D eigenvalue weighted by Crippen LogP contribution is 2.52. The average molecular weight is 327 g/mol. The zero-order valence-electron chi connectivity index (χ0n) is 12.4. The Bertz CT molecular complexity index is 808. The minimum Gasteiger partial charge on any atom is -0.327 e. The van der Waals surface area contributed by atoms with Crippen LogP contribution in [0.15, 0.2) is 23.1 Å². The molecule has 21 heavy (non-hydrogen) atoms. The molecule has 0 spiro atoms. The molecule has 6 heteroatoms. The van der Waals surface area contributed by atoms with Crippen molar-refractivity contribution in [1.82, 2.24) is 9.55 Å². The topological polar surface area (TPSA) is 52.0 Å². The number of fused-ring (bicyclic) bond motifs is 1. The van der Waals surface area contributed by atoms with Crippen LogP contribution in [-0.4, -0.2) is 24.2 Å². The monoisotopic (exact) mass is 326 g/mol. The third-order valence-electron chi connectivity index (χ3n) is 4.46. The van der Waals surface area contributed by atoms with E-state index in [4.69, 9.17) is 11.6 Å². The van der Waals surface area contributed by atoms with Crippen molar-refractivity contribution in [1.29, 1.82) is 0 Å². The molecule has 4 nitrogen and oxygen atoms in total. The van der Waals surface area contributed by atoms with Gasteiger partial charge in [0.2, 0.25) is 0 Å². The minimum atomic E-state index is -3.30. The van der Waals surface area contributed by atoms with Crippen LogP contribution in [-0.2, 0) is 22.3 Å². The van der Waals surface area contributed by atoms with Crippen LogP contribution in [0.5, 0.6) is 0 Å². The molecule has 1 saturated carbocycles. The molecule has 3 rings (SSSR count). The standard InChI is InChI=1S/C15H19ClN2O2S/c1-15(2)7-10(15)9-18-11-5-4-6-12(21(3,19)20)14(11)17-13(18)8-16/h4-6,10H,7-9H2,1-3H3. The number of sulfone groups is 1. The maximum Gasteiger partial charge on any atom is 0.177 e. The third kappa shape index (κ3) is 2.57. The first kappa shape index (κ1) is 14.9. The van der Waals surface area contributed by atoms with E-state index in [0.29, 0.717) is 16.8 Å². The molecule has 0 bridgehead atoms. The lowest BCUT2D eigenvalue weighted by Gasteiger charge is -2.09. The van der Waals surface area contributed by atoms with Gasteiger partial charge in [0.1, 0.15) is 11.3 Å². The molecule has 1 heterocycles. The number of rotatable bonds is 4. The summed E-state index contributed by atoms with van der Waals surface area (Å²) in [6.07, 6.45) is 2.39. The molecule has 0 amide bonds. The van der Waals surface area contributed by atoms with Crippen molar-refractivity contribution in [2.45, 2.75) is 37.6 Å². The maximum atomic E-state index is 11.9. The zero-order chi connectivity index (χ0) is 15.4. The average Bonchev–Trinajstić information content (AvgIpc) is 2.83. The van der Waals surface area contributed by atoms with Gasteiger partial charge in [-0.05, 0) is 29.9 Å². The van der Waals surface area contributed by atoms with Gasteiger partial charge in [0.25, 0.3) is 0 Å². The Hall–Kier alpha value is -1.07. The smallest absolute Gasteiger partial charge is 0.177 e. The van der Waals surface area contributed by atoms with E-state index < -0.39 is 9.84 Å². The van der Waals surface area contributed by atoms with E-state index in [9.17, 15) is 8.42 Å². The van der Waals surface area contributed by atoms with Crippen molar-refractivity contribution in [2.24, 2.45) is 11.3 Å². The first-order valence-electron chi connectivity index (χ1n) is 6.98. The van der Waals surface area contributed by atoms with Gasteiger partial charge in [0, 0.05) is 12.8 Å². The number of hydrogen-bond acceptors (Lipinski definition) is 3. The summed E-state index contributed by atoms with van der Waals surface area (Å²) in [5, 5.41) is 0. The van der Waals surface area contributed by atoms with E-state index in [-0.39, 0.29) is 10.8 Å². The highest BCUT2D eigenvalue weighted by molar-refractivity contribution is 7.91. The second-order valence-electron chi connectivity index (χ2n) is 6.56. The predicted molar refractivity (Wildman–Crippen MR) is 84.3 cm³/mol. The van der Waals surface area contributed by atoms with Crippen molar-refractivity contribution in [2.75, 3.05) is 6.26 Å². The molecule has 1 aliphatic carbocycles. The van der Waals surface area contributed by atoms with E-state index >= 15 is 0 Å². The van der Waals surface area contributed by atoms with Crippen LogP contribution < -0.4 is 0 Å². The number of para-hydroxylation sites is 1. The van der Waals surface area contributed by atoms with Crippen molar-refractivity contribution in [3.8, 4) is 0 Å². The van der Waals surface area contributed by atoms with Gasteiger partial charge < -0.3 is 4.57 Å². The number of hydrogen-bond donors (Lipinski definition) is 0. The zero-order valence-corrected chi connectivity index (χ0v) is 14.0. The first-order chi connectivity index (χ1) is 9.74. The number of halogens is 1. The van der Waals surface area contributed by atoms with Gasteiger partial charge in [-0.1, -0.05) is 19.9 Å². The van der Waals surface area contributed by atoms with Gasteiger partial charge in [0.15, 0.2) is 9.84 Å². The fourth-order valence-corrected chi connectivity index (χ4v) is 3.91. The minimum absolute atomic E-state index is 0.278. The Morgan fingerprint density at radius 3 is 2.62 bits per heavy atom. The summed E-state index contributed by atoms with van der Waals surface area (Å²) in [6.45, 7) is 5.34. The Labute approximate surface area is 130 Å². The summed E-state index contributed by atoms with van der Waals surface area (Å²) in [7, 11) is -3.30. The lowest BCUT2D eigenvalue weighted by molar-refractivity contribution is 0.498. The van der Waals surface area contributed by atoms with Gasteiger partial charge in [-0.15, -0.1) is 11.6 Å². The summed E-state index contributed by atoms with van der Waals surface area (Å²) in [5.74, 6) is 1.62. The van der Waals surface area contributed by atoms with E-state index in [1.54, 1.807) is 12.1 Å². The fourth-order valence-electron chi connectivity index (χ4n) is 2.88. The van der Waals surface area contributed by atoms with E-state index in [2.05, 4.69) is 23.4 Å². The molecule has 1 unspecified atom stereocenters. The molecule has 1 fully saturated rings. The van der Waals surface area contributed by atoms with Gasteiger partial charge in [0.05, 0.1) is 16.3 Å². The lowest BCUT2D eigenvalue weighted by atomic mass is 10.1. The third-order valence-corrected chi connectivity index (χ3v) is 5.83. The summed E-state index contributed by atoms with van der Waals surface area (Å²) in [4.78, 5) is 4.76. The Kier molecular flexibility index (Phi) is 3.33. The van der Waals surface area contributed by atoms with Crippen LogP contribution in [0.2, 0.25) is 0 Å². The Morgan fingerprint density at radius 2 is 2.10 bits per heavy atom. The number of nitrogens with zero attached hydrogens (tertiary/aromatic N) is 2. The van der Waals surface area contributed by atoms with Gasteiger partial charge in [-0.25, -0.2) is 13.4 Å². The number of alkyl halides is 1. The molecule has 0 radical (unpaired) electrons. The summed E-state index contributed by atoms with van der Waals surface area (Å²) >= 11 is 6.01. The van der Waals surface area contributed by atoms with Crippen molar-refractivity contribution < 1.29 is 8.42 Å². The number of imidazole rings is 1. The van der Waals surface area contributed by atoms with Crippen LogP contribution in [0.1, 0.15) is 26.1 Å². The molecule has 2 aromatic rings. The Balaban J connectivity index is 2.16. The van der Waals surface area contributed by atoms with Crippen LogP contribution in [0.4, 0.5) is 0 Å². The van der Waals surface area contributed by atoms with Crippen LogP contribution in [0.25, 0.3) is 11.0 Å². The van der Waals surface area contributed by atoms with Gasteiger partial charge in [-0.3, -0.25) is 0 Å². The van der Waals surface area contributed by atoms with E-state index in [0.717, 1.165) is 17.9 Å². The second kappa shape index (κ2) is 4.71. The van der Waals surface area contributed by atoms with Crippen LogP contribution in [0, 0.1) is 11.3 Å². The quantitative estimate of drug-likeness (QED) is 0.811. The van der Waals surface area contributed by atoms with E-state index in [1.807, 2.05) is 6.07 Å². The van der Waals surface area contributed by atoms with Crippen LogP contribution >= 0.6 is 11.6 Å². The van der Waals surface area contributed by atoms with Gasteiger partial charge in [-0.2, -0.15) is 0 Å². The molecule has 1 aromatic carbocycles. The molecular formula is C15H19ClN2O2S. The van der Waals surface area contributed by atoms with Gasteiger partial charge >= 0.3 is 0 Å². The molecule has 1 aromatic heterocycles. The summed E-state index contributed by atoms with van der Waals surface area (Å²) in [6, 6.07) is 5.30. The summed E-state index contributed by atoms with van der Waals surface area (Å²) in [5.41, 5.74) is 1.75. The molecule has 0 aliphatic heterocycles. The second-order valence-corrected chi connectivity index (χ2v) is 8.81. The van der Waals surface area contributed by atoms with Crippen molar-refractivity contribution in [3.05, 3.63) is 24.0 Å². The van der Waals surface area contributed by atoms with E-state index in [1.165, 1.54) is 12.7 Å². The van der Waals surface area contributed by atoms with Crippen LogP contribution in [0.3, 0.4) is 0 Å². The van der Waals surface area contributed by atoms with Crippen molar-refractivity contribution >= 4 is 32.5 Å². The first-order valence-corrected chi connectivity index (χ1v) is 9.41. The molecule has 1 aliphatic rings. The maximum absolute atomic E-state index is 11.9. The SMILES string of the molecule is CC1(C)CC1Cn1c(CCl)nc2c(S(C)(=O)=O)cccc21. The highest BCUT2D eigenvalue weighted by atomic mass is 35.5. The normalized spacial score (nSPS) is 20.9. The molecule has 114 valence electrons. The Morgan fingerprint density at radius 1 is 1.43 bits per heavy atom. The molecule has 0 N–H and O–H groups in total. The predicted octanol–water partition coefficient (Wildman–Crippen LogP) is 3.22. The number of benzene rings is 1. The molecule has 1 atom stereocenters. The van der Waals surface area contributed by atoms with Crippen molar-refractivity contribution in [3.63, 3.8) is 0 Å². The highest BCUT2D eigenvalue weighted by Gasteiger charge is 2.45. The molecular weight excluding hydrogens is 308 g/mol.